The van der Waals surface area contributed by atoms with Gasteiger partial charge in [-0.05, 0) is 67.8 Å². The van der Waals surface area contributed by atoms with Crippen LogP contribution in [0.4, 0.5) is 0 Å². The molecule has 1 amide bonds. The van der Waals surface area contributed by atoms with Crippen LogP contribution >= 0.6 is 0 Å². The molecule has 0 radical (unpaired) electrons. The van der Waals surface area contributed by atoms with Crippen LogP contribution in [0.15, 0.2) is 40.9 Å². The maximum absolute atomic E-state index is 12.5. The number of carbonyl (C=O) groups excluding carboxylic acids is 1. The van der Waals surface area contributed by atoms with Gasteiger partial charge >= 0.3 is 0 Å². The van der Waals surface area contributed by atoms with Crippen LogP contribution in [0.25, 0.3) is 22.1 Å². The van der Waals surface area contributed by atoms with Gasteiger partial charge in [0.15, 0.2) is 5.58 Å². The lowest BCUT2D eigenvalue weighted by atomic mass is 9.97. The fourth-order valence-corrected chi connectivity index (χ4v) is 4.06. The first kappa shape index (κ1) is 19.3. The van der Waals surface area contributed by atoms with Crippen molar-refractivity contribution in [3.63, 3.8) is 0 Å². The van der Waals surface area contributed by atoms with Gasteiger partial charge in [-0.3, -0.25) is 9.69 Å². The van der Waals surface area contributed by atoms with Crippen molar-refractivity contribution in [1.82, 2.24) is 20.3 Å². The van der Waals surface area contributed by atoms with Crippen molar-refractivity contribution in [2.45, 2.75) is 32.4 Å². The molecule has 0 bridgehead atoms. The zero-order valence-corrected chi connectivity index (χ0v) is 17.6. The number of hydrogen-bond acceptors (Lipinski definition) is 5. The van der Waals surface area contributed by atoms with Gasteiger partial charge in [0.25, 0.3) is 5.91 Å². The van der Waals surface area contributed by atoms with Crippen LogP contribution < -0.4 is 5.32 Å². The van der Waals surface area contributed by atoms with E-state index in [4.69, 9.17) is 4.52 Å². The van der Waals surface area contributed by atoms with E-state index >= 15 is 0 Å². The molecule has 1 saturated heterocycles. The van der Waals surface area contributed by atoms with Crippen LogP contribution in [-0.2, 0) is 6.54 Å². The number of carbonyl (C=O) groups is 1. The summed E-state index contributed by atoms with van der Waals surface area (Å²) in [4.78, 5) is 17.2. The minimum atomic E-state index is 0.00829. The molecular weight excluding hydrogens is 376 g/mol. The summed E-state index contributed by atoms with van der Waals surface area (Å²) in [7, 11) is 2.16. The quantitative estimate of drug-likeness (QED) is 0.706. The molecule has 0 atom stereocenters. The van der Waals surface area contributed by atoms with E-state index in [1.807, 2.05) is 24.3 Å². The van der Waals surface area contributed by atoms with E-state index in [9.17, 15) is 4.79 Å². The summed E-state index contributed by atoms with van der Waals surface area (Å²) in [6.45, 7) is 7.17. The third-order valence-electron chi connectivity index (χ3n) is 6.24. The van der Waals surface area contributed by atoms with E-state index in [0.717, 1.165) is 78.9 Å². The first-order valence-electron chi connectivity index (χ1n) is 10.8. The molecule has 2 aliphatic rings. The van der Waals surface area contributed by atoms with Crippen LogP contribution in [0.1, 0.15) is 34.5 Å². The Labute approximate surface area is 176 Å². The maximum Gasteiger partial charge on any atom is 0.251 e. The molecule has 5 rings (SSSR count). The zero-order chi connectivity index (χ0) is 20.7. The van der Waals surface area contributed by atoms with E-state index in [-0.39, 0.29) is 5.91 Å². The molecule has 6 heteroatoms. The summed E-state index contributed by atoms with van der Waals surface area (Å²) >= 11 is 0. The standard InChI is InChI=1S/C24H28N4O2/c1-16-3-4-18(24(29)25-19-6-7-19)13-21(16)17-5-8-20-22(26-30-23(20)14-17)15-28-11-9-27(2)10-12-28/h3-5,8,13-14,19H,6-7,9-12,15H2,1-2H3,(H,25,29). The first-order valence-corrected chi connectivity index (χ1v) is 10.8. The summed E-state index contributed by atoms with van der Waals surface area (Å²) < 4.78 is 5.69. The van der Waals surface area contributed by atoms with Crippen molar-refractivity contribution in [2.24, 2.45) is 0 Å². The monoisotopic (exact) mass is 404 g/mol. The number of aromatic nitrogens is 1. The highest BCUT2D eigenvalue weighted by Crippen LogP contribution is 2.30. The van der Waals surface area contributed by atoms with E-state index in [1.165, 1.54) is 0 Å². The number of nitrogens with zero attached hydrogens (tertiary/aromatic N) is 3. The van der Waals surface area contributed by atoms with Gasteiger partial charge in [-0.25, -0.2) is 0 Å². The molecule has 1 aromatic heterocycles. The molecule has 1 aliphatic heterocycles. The Bertz CT molecular complexity index is 1080. The number of piperazine rings is 1. The Kier molecular flexibility index (Phi) is 5.05. The highest BCUT2D eigenvalue weighted by atomic mass is 16.5. The summed E-state index contributed by atoms with van der Waals surface area (Å²) in [6, 6.07) is 12.5. The number of likely N-dealkylation sites (N-methyl/N-ethyl adjacent to an activating group) is 1. The van der Waals surface area contributed by atoms with Crippen molar-refractivity contribution < 1.29 is 9.32 Å². The summed E-state index contributed by atoms with van der Waals surface area (Å²) in [5, 5.41) is 8.49. The predicted octanol–water partition coefficient (Wildman–Crippen LogP) is 3.44. The molecule has 6 nitrogen and oxygen atoms in total. The minimum Gasteiger partial charge on any atom is -0.356 e. The topological polar surface area (TPSA) is 61.6 Å². The summed E-state index contributed by atoms with van der Waals surface area (Å²) in [5.74, 6) is 0.00829. The molecule has 0 unspecified atom stereocenters. The van der Waals surface area contributed by atoms with Crippen molar-refractivity contribution in [3.05, 3.63) is 53.2 Å². The molecule has 30 heavy (non-hydrogen) atoms. The van der Waals surface area contributed by atoms with Crippen LogP contribution in [0, 0.1) is 6.92 Å². The van der Waals surface area contributed by atoms with Gasteiger partial charge in [0, 0.05) is 49.7 Å². The average molecular weight is 405 g/mol. The van der Waals surface area contributed by atoms with Gasteiger partial charge in [-0.2, -0.15) is 0 Å². The fraction of sp³-hybridized carbons (Fsp3) is 0.417. The van der Waals surface area contributed by atoms with Crippen molar-refractivity contribution in [2.75, 3.05) is 33.2 Å². The molecule has 1 N–H and O–H groups in total. The van der Waals surface area contributed by atoms with Crippen molar-refractivity contribution in [1.29, 1.82) is 0 Å². The highest BCUT2D eigenvalue weighted by Gasteiger charge is 2.24. The van der Waals surface area contributed by atoms with E-state index in [2.05, 4.69) is 46.4 Å². The Morgan fingerprint density at radius 2 is 1.93 bits per heavy atom. The first-order chi connectivity index (χ1) is 14.6. The molecule has 156 valence electrons. The maximum atomic E-state index is 12.5. The van der Waals surface area contributed by atoms with E-state index in [0.29, 0.717) is 11.6 Å². The van der Waals surface area contributed by atoms with Gasteiger partial charge in [0.2, 0.25) is 0 Å². The van der Waals surface area contributed by atoms with Crippen LogP contribution in [0.5, 0.6) is 0 Å². The van der Waals surface area contributed by atoms with Crippen LogP contribution in [0.3, 0.4) is 0 Å². The number of benzene rings is 2. The van der Waals surface area contributed by atoms with Crippen LogP contribution in [-0.4, -0.2) is 60.1 Å². The molecule has 2 fully saturated rings. The number of rotatable bonds is 5. The van der Waals surface area contributed by atoms with Crippen molar-refractivity contribution in [3.8, 4) is 11.1 Å². The predicted molar refractivity (Wildman–Crippen MR) is 117 cm³/mol. The van der Waals surface area contributed by atoms with Crippen LogP contribution in [0.2, 0.25) is 0 Å². The average Bonchev–Trinajstić information content (AvgIpc) is 3.48. The highest BCUT2D eigenvalue weighted by molar-refractivity contribution is 5.96. The van der Waals surface area contributed by atoms with Gasteiger partial charge in [-0.15, -0.1) is 0 Å². The lowest BCUT2D eigenvalue weighted by Gasteiger charge is -2.31. The zero-order valence-electron chi connectivity index (χ0n) is 17.6. The number of fused-ring (bicyclic) bond motifs is 1. The molecule has 3 aromatic rings. The second-order valence-corrected chi connectivity index (χ2v) is 8.70. The van der Waals surface area contributed by atoms with Crippen molar-refractivity contribution >= 4 is 16.9 Å². The molecule has 1 saturated carbocycles. The van der Waals surface area contributed by atoms with Gasteiger partial charge in [0.05, 0.1) is 0 Å². The van der Waals surface area contributed by atoms with E-state index in [1.54, 1.807) is 0 Å². The number of amides is 1. The smallest absolute Gasteiger partial charge is 0.251 e. The normalized spacial score (nSPS) is 18.1. The summed E-state index contributed by atoms with van der Waals surface area (Å²) in [6.07, 6.45) is 2.17. The second kappa shape index (κ2) is 7.85. The lowest BCUT2D eigenvalue weighted by Crippen LogP contribution is -2.43. The second-order valence-electron chi connectivity index (χ2n) is 8.70. The Balaban J connectivity index is 1.39. The number of aryl methyl sites for hydroxylation is 1. The Hall–Kier alpha value is -2.70. The van der Waals surface area contributed by atoms with E-state index < -0.39 is 0 Å². The third-order valence-corrected chi connectivity index (χ3v) is 6.24. The lowest BCUT2D eigenvalue weighted by molar-refractivity contribution is 0.0951. The molecule has 0 spiro atoms. The minimum absolute atomic E-state index is 0.00829. The van der Waals surface area contributed by atoms with Gasteiger partial charge in [-0.1, -0.05) is 17.3 Å². The third kappa shape index (κ3) is 3.98. The molecular formula is C24H28N4O2. The fourth-order valence-electron chi connectivity index (χ4n) is 4.06. The largest absolute Gasteiger partial charge is 0.356 e. The van der Waals surface area contributed by atoms with Gasteiger partial charge < -0.3 is 14.7 Å². The molecule has 2 aromatic carbocycles. The van der Waals surface area contributed by atoms with Gasteiger partial charge in [0.1, 0.15) is 5.69 Å². The molecule has 2 heterocycles. The number of hydrogen-bond donors (Lipinski definition) is 1. The SMILES string of the molecule is Cc1ccc(C(=O)NC2CC2)cc1-c1ccc2c(CN3CCN(C)CC3)noc2c1. The number of nitrogens with one attached hydrogen (secondary N) is 1. The Morgan fingerprint density at radius 3 is 2.70 bits per heavy atom. The molecule has 1 aliphatic carbocycles. The summed E-state index contributed by atoms with van der Waals surface area (Å²) in [5.41, 5.74) is 5.73. The Morgan fingerprint density at radius 1 is 1.13 bits per heavy atom.